The summed E-state index contributed by atoms with van der Waals surface area (Å²) < 4.78 is 0. The molecule has 2 heterocycles. The minimum absolute atomic E-state index is 0.0297. The minimum Gasteiger partial charge on any atom is -0.396 e. The summed E-state index contributed by atoms with van der Waals surface area (Å²) in [6.07, 6.45) is 7.97. The number of nitrogens with zero attached hydrogens (tertiary/aromatic N) is 2. The maximum absolute atomic E-state index is 13.4. The fraction of sp³-hybridized carbons (Fsp3) is 0.840. The van der Waals surface area contributed by atoms with Crippen LogP contribution in [0.15, 0.2) is 0 Å². The molecule has 1 aromatic heterocycles. The van der Waals surface area contributed by atoms with Gasteiger partial charge in [-0.15, -0.1) is 11.3 Å². The summed E-state index contributed by atoms with van der Waals surface area (Å²) in [5.41, 5.74) is 0.371. The average Bonchev–Trinajstić information content (AvgIpc) is 3.21. The largest absolute Gasteiger partial charge is 0.396 e. The molecule has 1 aromatic rings. The molecule has 1 saturated heterocycles. The lowest BCUT2D eigenvalue weighted by atomic mass is 9.47. The molecule has 1 saturated carbocycles. The second kappa shape index (κ2) is 9.59. The van der Waals surface area contributed by atoms with Crippen molar-refractivity contribution < 1.29 is 15.0 Å². The van der Waals surface area contributed by atoms with E-state index in [9.17, 15) is 15.0 Å². The molecule has 6 nitrogen and oxygen atoms in total. The molecule has 0 bridgehead atoms. The van der Waals surface area contributed by atoms with Crippen molar-refractivity contribution in [3.63, 3.8) is 0 Å². The highest BCUT2D eigenvalue weighted by Gasteiger charge is 2.59. The summed E-state index contributed by atoms with van der Waals surface area (Å²) in [6.45, 7) is 9.13. The first kappa shape index (κ1) is 24.0. The van der Waals surface area contributed by atoms with E-state index in [-0.39, 0.29) is 29.8 Å². The highest BCUT2D eigenvalue weighted by molar-refractivity contribution is 7.15. The summed E-state index contributed by atoms with van der Waals surface area (Å²) in [4.78, 5) is 21.7. The third kappa shape index (κ3) is 4.21. The first-order chi connectivity index (χ1) is 15.3. The summed E-state index contributed by atoms with van der Waals surface area (Å²) in [6, 6.07) is 0. The van der Waals surface area contributed by atoms with E-state index in [1.807, 2.05) is 11.8 Å². The molecule has 2 aliphatic carbocycles. The van der Waals surface area contributed by atoms with Gasteiger partial charge in [0.05, 0.1) is 18.4 Å². The summed E-state index contributed by atoms with van der Waals surface area (Å²) in [7, 11) is 0. The van der Waals surface area contributed by atoms with E-state index >= 15 is 0 Å². The Labute approximate surface area is 196 Å². The van der Waals surface area contributed by atoms with Crippen molar-refractivity contribution in [2.75, 3.05) is 31.6 Å². The third-order valence-electron chi connectivity index (χ3n) is 8.79. The van der Waals surface area contributed by atoms with Crippen LogP contribution in [0.5, 0.6) is 0 Å². The van der Waals surface area contributed by atoms with Crippen molar-refractivity contribution in [1.29, 1.82) is 0 Å². The highest BCUT2D eigenvalue weighted by Crippen LogP contribution is 2.62. The minimum atomic E-state index is -0.559. The molecule has 32 heavy (non-hydrogen) atoms. The first-order valence-electron chi connectivity index (χ1n) is 12.6. The number of carbonyl (C=O) groups is 1. The number of fused-ring (bicyclic) bond motifs is 2. The highest BCUT2D eigenvalue weighted by atomic mass is 32.1. The number of aliphatic hydroxyl groups excluding tert-OH is 2. The number of anilines is 1. The monoisotopic (exact) mass is 463 g/mol. The van der Waals surface area contributed by atoms with Crippen LogP contribution in [0.25, 0.3) is 0 Å². The van der Waals surface area contributed by atoms with E-state index < -0.39 is 11.5 Å². The topological polar surface area (TPSA) is 85.7 Å². The molecule has 3 N–H and O–H groups in total. The number of aliphatic hydroxyl groups is 2. The van der Waals surface area contributed by atoms with Gasteiger partial charge in [-0.1, -0.05) is 27.2 Å². The lowest BCUT2D eigenvalue weighted by Crippen LogP contribution is -2.57. The zero-order valence-electron chi connectivity index (χ0n) is 20.0. The number of likely N-dealkylation sites (tertiary alicyclic amines) is 1. The number of aromatic nitrogens is 1. The third-order valence-corrected chi connectivity index (χ3v) is 9.84. The van der Waals surface area contributed by atoms with Crippen molar-refractivity contribution in [2.45, 2.75) is 90.6 Å². The second-order valence-electron chi connectivity index (χ2n) is 10.8. The molecule has 5 unspecified atom stereocenters. The van der Waals surface area contributed by atoms with Crippen molar-refractivity contribution in [1.82, 2.24) is 9.88 Å². The van der Waals surface area contributed by atoms with Crippen LogP contribution in [-0.4, -0.2) is 58.3 Å². The normalized spacial score (nSPS) is 34.7. The standard InChI is InChI=1S/C25H41N3O3S/c1-4-5-11-26-23-27-22-17(14-21(31)28-12-7-6-8-13-28)24(2)10-9-20(30)25(3,16-29)19(24)15-18(22)32-23/h17,19-20,29-30H,4-16H2,1-3H3,(H,26,27). The number of unbranched alkanes of at least 4 members (excludes halogenated alkanes) is 1. The fourth-order valence-corrected chi connectivity index (χ4v) is 7.63. The predicted molar refractivity (Wildman–Crippen MR) is 129 cm³/mol. The maximum Gasteiger partial charge on any atom is 0.223 e. The van der Waals surface area contributed by atoms with Crippen LogP contribution in [0.3, 0.4) is 0 Å². The van der Waals surface area contributed by atoms with Gasteiger partial charge in [0.1, 0.15) is 0 Å². The van der Waals surface area contributed by atoms with E-state index in [2.05, 4.69) is 19.2 Å². The Balaban J connectivity index is 1.68. The molecule has 1 amide bonds. The van der Waals surface area contributed by atoms with E-state index in [0.29, 0.717) is 12.8 Å². The number of carbonyl (C=O) groups excluding carboxylic acids is 1. The van der Waals surface area contributed by atoms with Gasteiger partial charge in [0.15, 0.2) is 5.13 Å². The smallest absolute Gasteiger partial charge is 0.223 e. The van der Waals surface area contributed by atoms with Crippen molar-refractivity contribution >= 4 is 22.4 Å². The van der Waals surface area contributed by atoms with Crippen molar-refractivity contribution in [3.8, 4) is 0 Å². The fourth-order valence-electron chi connectivity index (χ4n) is 6.54. The molecule has 1 aliphatic heterocycles. The molecule has 0 radical (unpaired) electrons. The SMILES string of the molecule is CCCCNc1nc2c(s1)CC1C(C)(CO)C(O)CCC1(C)C2CC(=O)N1CCCCC1. The lowest BCUT2D eigenvalue weighted by Gasteiger charge is -2.58. The summed E-state index contributed by atoms with van der Waals surface area (Å²) in [5.74, 6) is 0.397. The molecule has 3 aliphatic rings. The van der Waals surface area contributed by atoms with Crippen LogP contribution in [0, 0.1) is 16.7 Å². The number of nitrogens with one attached hydrogen (secondary N) is 1. The Morgan fingerprint density at radius 1 is 1.28 bits per heavy atom. The van der Waals surface area contributed by atoms with Crippen LogP contribution in [-0.2, 0) is 11.2 Å². The Hall–Kier alpha value is -1.18. The van der Waals surface area contributed by atoms with Crippen LogP contribution in [0.1, 0.15) is 88.6 Å². The predicted octanol–water partition coefficient (Wildman–Crippen LogP) is 4.17. The zero-order chi connectivity index (χ0) is 22.9. The number of piperidine rings is 1. The lowest BCUT2D eigenvalue weighted by molar-refractivity contribution is -0.147. The Morgan fingerprint density at radius 2 is 2.03 bits per heavy atom. The van der Waals surface area contributed by atoms with Crippen LogP contribution < -0.4 is 5.32 Å². The van der Waals surface area contributed by atoms with E-state index in [4.69, 9.17) is 4.98 Å². The summed E-state index contributed by atoms with van der Waals surface area (Å²) in [5, 5.41) is 25.7. The first-order valence-corrected chi connectivity index (χ1v) is 13.4. The summed E-state index contributed by atoms with van der Waals surface area (Å²) >= 11 is 1.71. The maximum atomic E-state index is 13.4. The number of thiazole rings is 1. The van der Waals surface area contributed by atoms with Gasteiger partial charge in [-0.25, -0.2) is 4.98 Å². The molecule has 0 spiro atoms. The van der Waals surface area contributed by atoms with Gasteiger partial charge >= 0.3 is 0 Å². The number of hydrogen-bond acceptors (Lipinski definition) is 6. The van der Waals surface area contributed by atoms with E-state index in [0.717, 1.165) is 69.0 Å². The van der Waals surface area contributed by atoms with E-state index in [1.54, 1.807) is 11.3 Å². The molecular weight excluding hydrogens is 422 g/mol. The molecule has 4 rings (SSSR count). The van der Waals surface area contributed by atoms with Crippen LogP contribution in [0.4, 0.5) is 5.13 Å². The van der Waals surface area contributed by atoms with Crippen LogP contribution >= 0.6 is 11.3 Å². The zero-order valence-corrected chi connectivity index (χ0v) is 20.8. The second-order valence-corrected chi connectivity index (χ2v) is 11.9. The average molecular weight is 464 g/mol. The van der Waals surface area contributed by atoms with Gasteiger partial charge in [-0.3, -0.25) is 4.79 Å². The van der Waals surface area contributed by atoms with Gasteiger partial charge in [0, 0.05) is 42.3 Å². The molecule has 2 fully saturated rings. The molecule has 7 heteroatoms. The molecule has 5 atom stereocenters. The Kier molecular flexibility index (Phi) is 7.18. The van der Waals surface area contributed by atoms with Crippen LogP contribution in [0.2, 0.25) is 0 Å². The van der Waals surface area contributed by atoms with Gasteiger partial charge < -0.3 is 20.4 Å². The van der Waals surface area contributed by atoms with Gasteiger partial charge in [-0.05, 0) is 56.3 Å². The number of hydrogen-bond donors (Lipinski definition) is 3. The number of amides is 1. The Morgan fingerprint density at radius 3 is 2.72 bits per heavy atom. The van der Waals surface area contributed by atoms with Crippen molar-refractivity contribution in [2.24, 2.45) is 16.7 Å². The van der Waals surface area contributed by atoms with Crippen molar-refractivity contribution in [3.05, 3.63) is 10.6 Å². The van der Waals surface area contributed by atoms with Gasteiger partial charge in [0.25, 0.3) is 0 Å². The Bertz CT molecular complexity index is 808. The molecular formula is C25H41N3O3S. The van der Waals surface area contributed by atoms with E-state index in [1.165, 1.54) is 11.3 Å². The van der Waals surface area contributed by atoms with Gasteiger partial charge in [-0.2, -0.15) is 0 Å². The quantitative estimate of drug-likeness (QED) is 0.529. The number of rotatable bonds is 7. The molecule has 0 aromatic carbocycles. The molecule has 180 valence electrons. The van der Waals surface area contributed by atoms with Gasteiger partial charge in [0.2, 0.25) is 5.91 Å².